The predicted molar refractivity (Wildman–Crippen MR) is 97.0 cm³/mol. The van der Waals surface area contributed by atoms with Crippen molar-refractivity contribution >= 4 is 26.7 Å². The van der Waals surface area contributed by atoms with E-state index in [0.717, 1.165) is 17.0 Å². The molecule has 134 valence electrons. The molecule has 0 bridgehead atoms. The first-order valence-electron chi connectivity index (χ1n) is 8.27. The van der Waals surface area contributed by atoms with Crippen LogP contribution in [0.4, 0.5) is 0 Å². The van der Waals surface area contributed by atoms with Crippen molar-refractivity contribution in [2.45, 2.75) is 18.9 Å². The number of benzene rings is 2. The van der Waals surface area contributed by atoms with E-state index in [2.05, 4.69) is 4.72 Å². The number of likely N-dealkylation sites (tertiary alicyclic amines) is 1. The number of rotatable bonds is 5. The minimum absolute atomic E-state index is 0.0114. The summed E-state index contributed by atoms with van der Waals surface area (Å²) in [5, 5.41) is 2.20. The van der Waals surface area contributed by atoms with E-state index in [1.165, 1.54) is 0 Å². The van der Waals surface area contributed by atoms with Crippen LogP contribution in [0.15, 0.2) is 42.5 Å². The van der Waals surface area contributed by atoms with Gasteiger partial charge in [-0.3, -0.25) is 4.79 Å². The number of nitrogens with zero attached hydrogens (tertiary/aromatic N) is 1. The molecule has 1 heterocycles. The number of ether oxygens (including phenoxy) is 1. The largest absolute Gasteiger partial charge is 0.484 e. The van der Waals surface area contributed by atoms with Crippen molar-refractivity contribution in [3.63, 3.8) is 0 Å². The molecular formula is C18H22N2O4S. The van der Waals surface area contributed by atoms with Crippen LogP contribution in [0.1, 0.15) is 12.8 Å². The molecule has 0 saturated carbocycles. The lowest BCUT2D eigenvalue weighted by molar-refractivity contribution is -0.134. The number of carbonyl (C=O) groups is 1. The molecule has 2 aromatic rings. The van der Waals surface area contributed by atoms with E-state index in [-0.39, 0.29) is 18.6 Å². The normalized spacial score (nSPS) is 16.1. The average molecular weight is 362 g/mol. The topological polar surface area (TPSA) is 75.7 Å². The zero-order chi connectivity index (χ0) is 17.9. The lowest BCUT2D eigenvalue weighted by Crippen LogP contribution is -2.47. The first-order chi connectivity index (χ1) is 11.9. The zero-order valence-electron chi connectivity index (χ0n) is 14.1. The molecule has 25 heavy (non-hydrogen) atoms. The summed E-state index contributed by atoms with van der Waals surface area (Å²) in [6, 6.07) is 13.6. The number of piperidine rings is 1. The van der Waals surface area contributed by atoms with Crippen LogP contribution in [0.3, 0.4) is 0 Å². The molecule has 1 aliphatic rings. The molecular weight excluding hydrogens is 340 g/mol. The monoisotopic (exact) mass is 362 g/mol. The predicted octanol–water partition coefficient (Wildman–Crippen LogP) is 1.76. The lowest BCUT2D eigenvalue weighted by Gasteiger charge is -2.31. The van der Waals surface area contributed by atoms with Crippen LogP contribution >= 0.6 is 0 Å². The summed E-state index contributed by atoms with van der Waals surface area (Å²) >= 11 is 0. The van der Waals surface area contributed by atoms with E-state index in [9.17, 15) is 13.2 Å². The summed E-state index contributed by atoms with van der Waals surface area (Å²) in [6.07, 6.45) is 2.39. The van der Waals surface area contributed by atoms with Crippen LogP contribution in [0.25, 0.3) is 10.8 Å². The quantitative estimate of drug-likeness (QED) is 0.879. The highest BCUT2D eigenvalue weighted by Crippen LogP contribution is 2.20. The van der Waals surface area contributed by atoms with Crippen molar-refractivity contribution in [3.8, 4) is 5.75 Å². The van der Waals surface area contributed by atoms with Crippen molar-refractivity contribution in [3.05, 3.63) is 42.5 Å². The van der Waals surface area contributed by atoms with Gasteiger partial charge < -0.3 is 9.64 Å². The van der Waals surface area contributed by atoms with Crippen LogP contribution < -0.4 is 9.46 Å². The van der Waals surface area contributed by atoms with Crippen molar-refractivity contribution in [1.29, 1.82) is 0 Å². The second-order valence-corrected chi connectivity index (χ2v) is 8.12. The Kier molecular flexibility index (Phi) is 5.24. The third kappa shape index (κ3) is 4.93. The van der Waals surface area contributed by atoms with Crippen molar-refractivity contribution < 1.29 is 17.9 Å². The van der Waals surface area contributed by atoms with E-state index in [1.54, 1.807) is 4.90 Å². The lowest BCUT2D eigenvalue weighted by atomic mass is 10.1. The molecule has 0 atom stereocenters. The van der Waals surface area contributed by atoms with Crippen molar-refractivity contribution in [2.24, 2.45) is 0 Å². The molecule has 0 radical (unpaired) electrons. The van der Waals surface area contributed by atoms with Gasteiger partial charge in [0.1, 0.15) is 5.75 Å². The molecule has 1 amide bonds. The number of carbonyl (C=O) groups excluding carboxylic acids is 1. The smallest absolute Gasteiger partial charge is 0.260 e. The van der Waals surface area contributed by atoms with Gasteiger partial charge in [0.25, 0.3) is 5.91 Å². The first-order valence-corrected chi connectivity index (χ1v) is 10.2. The summed E-state index contributed by atoms with van der Waals surface area (Å²) in [6.45, 7) is 1.06. The molecule has 7 heteroatoms. The summed E-state index contributed by atoms with van der Waals surface area (Å²) in [5.41, 5.74) is 0. The van der Waals surface area contributed by atoms with E-state index in [1.807, 2.05) is 42.5 Å². The highest BCUT2D eigenvalue weighted by atomic mass is 32.2. The maximum atomic E-state index is 12.3. The Morgan fingerprint density at radius 2 is 1.84 bits per heavy atom. The molecule has 0 unspecified atom stereocenters. The second-order valence-electron chi connectivity index (χ2n) is 6.34. The Hall–Kier alpha value is -2.12. The molecule has 1 aliphatic heterocycles. The van der Waals surface area contributed by atoms with E-state index >= 15 is 0 Å². The summed E-state index contributed by atoms with van der Waals surface area (Å²) in [5.74, 6) is 0.589. The average Bonchev–Trinajstić information content (AvgIpc) is 2.59. The van der Waals surface area contributed by atoms with Gasteiger partial charge in [0.15, 0.2) is 6.61 Å². The van der Waals surface area contributed by atoms with Gasteiger partial charge in [-0.2, -0.15) is 0 Å². The van der Waals surface area contributed by atoms with Crippen LogP contribution in [-0.4, -0.2) is 51.2 Å². The van der Waals surface area contributed by atoms with E-state index < -0.39 is 10.0 Å². The number of hydrogen-bond donors (Lipinski definition) is 1. The van der Waals surface area contributed by atoms with Gasteiger partial charge in [-0.1, -0.05) is 30.3 Å². The Labute approximate surface area is 147 Å². The van der Waals surface area contributed by atoms with Crippen LogP contribution in [0.5, 0.6) is 5.75 Å². The Morgan fingerprint density at radius 1 is 1.16 bits per heavy atom. The number of amides is 1. The van der Waals surface area contributed by atoms with Gasteiger partial charge >= 0.3 is 0 Å². The highest BCUT2D eigenvalue weighted by molar-refractivity contribution is 7.88. The number of sulfonamides is 1. The Morgan fingerprint density at radius 3 is 2.52 bits per heavy atom. The molecule has 1 saturated heterocycles. The van der Waals surface area contributed by atoms with Gasteiger partial charge in [-0.25, -0.2) is 13.1 Å². The van der Waals surface area contributed by atoms with Crippen LogP contribution in [-0.2, 0) is 14.8 Å². The van der Waals surface area contributed by atoms with Gasteiger partial charge in [0.05, 0.1) is 6.26 Å². The molecule has 2 aromatic carbocycles. The van der Waals surface area contributed by atoms with Crippen LogP contribution in [0, 0.1) is 0 Å². The molecule has 0 spiro atoms. The summed E-state index contributed by atoms with van der Waals surface area (Å²) < 4.78 is 30.7. The van der Waals surface area contributed by atoms with E-state index in [4.69, 9.17) is 4.74 Å². The third-order valence-electron chi connectivity index (χ3n) is 4.31. The van der Waals surface area contributed by atoms with Gasteiger partial charge in [0.2, 0.25) is 10.0 Å². The molecule has 3 rings (SSSR count). The number of fused-ring (bicyclic) bond motifs is 1. The van der Waals surface area contributed by atoms with Gasteiger partial charge in [-0.05, 0) is 35.7 Å². The molecule has 0 aromatic heterocycles. The fourth-order valence-electron chi connectivity index (χ4n) is 3.04. The van der Waals surface area contributed by atoms with Gasteiger partial charge in [0, 0.05) is 19.1 Å². The minimum atomic E-state index is -3.20. The van der Waals surface area contributed by atoms with Crippen molar-refractivity contribution in [2.75, 3.05) is 26.0 Å². The summed E-state index contributed by atoms with van der Waals surface area (Å²) in [4.78, 5) is 14.0. The molecule has 0 aliphatic carbocycles. The highest BCUT2D eigenvalue weighted by Gasteiger charge is 2.24. The zero-order valence-corrected chi connectivity index (χ0v) is 15.0. The third-order valence-corrected chi connectivity index (χ3v) is 5.07. The fraction of sp³-hybridized carbons (Fsp3) is 0.389. The Bertz CT molecular complexity index is 858. The SMILES string of the molecule is CS(=O)(=O)NC1CCN(C(=O)COc2ccc3ccccc3c2)CC1. The number of hydrogen-bond acceptors (Lipinski definition) is 4. The summed E-state index contributed by atoms with van der Waals surface area (Å²) in [7, 11) is -3.20. The second kappa shape index (κ2) is 7.41. The number of nitrogens with one attached hydrogen (secondary N) is 1. The van der Waals surface area contributed by atoms with Crippen molar-refractivity contribution in [1.82, 2.24) is 9.62 Å². The minimum Gasteiger partial charge on any atom is -0.484 e. The first kappa shape index (κ1) is 17.7. The van der Waals surface area contributed by atoms with E-state index in [0.29, 0.717) is 31.7 Å². The standard InChI is InChI=1S/C18H22N2O4S/c1-25(22,23)19-16-8-10-20(11-9-16)18(21)13-24-17-7-6-14-4-2-3-5-15(14)12-17/h2-7,12,16,19H,8-11,13H2,1H3. The molecule has 6 nitrogen and oxygen atoms in total. The maximum Gasteiger partial charge on any atom is 0.260 e. The molecule has 1 fully saturated rings. The van der Waals surface area contributed by atoms with Crippen LogP contribution in [0.2, 0.25) is 0 Å². The van der Waals surface area contributed by atoms with Gasteiger partial charge in [-0.15, -0.1) is 0 Å². The Balaban J connectivity index is 1.51. The molecule has 1 N–H and O–H groups in total. The maximum absolute atomic E-state index is 12.3. The fourth-order valence-corrected chi connectivity index (χ4v) is 3.88.